The molecule has 2 rings (SSSR count). The van der Waals surface area contributed by atoms with E-state index in [1.165, 1.54) is 6.07 Å². The number of benzene rings is 1. The minimum atomic E-state index is -4.42. The third-order valence-corrected chi connectivity index (χ3v) is 4.05. The molecule has 3 N–H and O–H groups in total. The Bertz CT molecular complexity index is 558. The third-order valence-electron chi connectivity index (χ3n) is 4.05. The first kappa shape index (κ1) is 18.4. The maximum atomic E-state index is 12.3. The second-order valence-electron chi connectivity index (χ2n) is 5.96. The summed E-state index contributed by atoms with van der Waals surface area (Å²) in [4.78, 5) is 12.0. The maximum Gasteiger partial charge on any atom is 0.422 e. The normalized spacial score (nSPS) is 16.7. The van der Waals surface area contributed by atoms with Gasteiger partial charge < -0.3 is 20.5 Å². The molecule has 0 spiro atoms. The maximum absolute atomic E-state index is 12.3. The van der Waals surface area contributed by atoms with Crippen LogP contribution in [0.25, 0.3) is 0 Å². The van der Waals surface area contributed by atoms with Crippen molar-refractivity contribution in [3.8, 4) is 5.75 Å². The lowest BCUT2D eigenvalue weighted by Crippen LogP contribution is -2.52. The van der Waals surface area contributed by atoms with Crippen LogP contribution in [-0.2, 0) is 6.54 Å². The SMILES string of the molecule is O=C(NCc1ccccc1OCC(F)(F)F)NC1(CO)CCCC1. The van der Waals surface area contributed by atoms with E-state index in [4.69, 9.17) is 4.74 Å². The lowest BCUT2D eigenvalue weighted by atomic mass is 9.99. The number of carbonyl (C=O) groups excluding carboxylic acids is 1. The van der Waals surface area contributed by atoms with Gasteiger partial charge in [0, 0.05) is 12.1 Å². The quantitative estimate of drug-likeness (QED) is 0.742. The Labute approximate surface area is 138 Å². The molecule has 8 heteroatoms. The van der Waals surface area contributed by atoms with Crippen molar-refractivity contribution in [1.29, 1.82) is 0 Å². The van der Waals surface area contributed by atoms with E-state index >= 15 is 0 Å². The van der Waals surface area contributed by atoms with Crippen molar-refractivity contribution < 1.29 is 27.8 Å². The van der Waals surface area contributed by atoms with Crippen LogP contribution in [0.5, 0.6) is 5.75 Å². The number of alkyl halides is 3. The van der Waals surface area contributed by atoms with E-state index in [0.29, 0.717) is 18.4 Å². The molecule has 0 aromatic heterocycles. The smallest absolute Gasteiger partial charge is 0.422 e. The van der Waals surface area contributed by atoms with Crippen LogP contribution in [0.3, 0.4) is 0 Å². The Morgan fingerprint density at radius 2 is 1.92 bits per heavy atom. The first-order valence-corrected chi connectivity index (χ1v) is 7.78. The van der Waals surface area contributed by atoms with Gasteiger partial charge in [-0.15, -0.1) is 0 Å². The highest BCUT2D eigenvalue weighted by Crippen LogP contribution is 2.29. The van der Waals surface area contributed by atoms with E-state index in [0.717, 1.165) is 12.8 Å². The average Bonchev–Trinajstić information content (AvgIpc) is 3.00. The first-order valence-electron chi connectivity index (χ1n) is 7.78. The fourth-order valence-corrected chi connectivity index (χ4v) is 2.79. The van der Waals surface area contributed by atoms with Crippen LogP contribution in [-0.4, -0.2) is 36.1 Å². The minimum Gasteiger partial charge on any atom is -0.484 e. The highest BCUT2D eigenvalue weighted by molar-refractivity contribution is 5.75. The number of amides is 2. The van der Waals surface area contributed by atoms with Crippen LogP contribution in [0.15, 0.2) is 24.3 Å². The highest BCUT2D eigenvalue weighted by atomic mass is 19.4. The second kappa shape index (κ2) is 7.74. The minimum absolute atomic E-state index is 0.0291. The molecule has 1 saturated carbocycles. The van der Waals surface area contributed by atoms with Crippen molar-refractivity contribution in [2.75, 3.05) is 13.2 Å². The van der Waals surface area contributed by atoms with Gasteiger partial charge >= 0.3 is 12.2 Å². The topological polar surface area (TPSA) is 70.6 Å². The summed E-state index contributed by atoms with van der Waals surface area (Å²) in [5.41, 5.74) is -0.155. The number of aliphatic hydroxyl groups is 1. The number of aliphatic hydroxyl groups excluding tert-OH is 1. The van der Waals surface area contributed by atoms with E-state index in [1.54, 1.807) is 18.2 Å². The summed E-state index contributed by atoms with van der Waals surface area (Å²) in [6.45, 7) is -1.49. The Morgan fingerprint density at radius 3 is 2.54 bits per heavy atom. The summed E-state index contributed by atoms with van der Waals surface area (Å²) < 4.78 is 41.6. The molecular formula is C16H21F3N2O3. The van der Waals surface area contributed by atoms with E-state index in [1.807, 2.05) is 0 Å². The summed E-state index contributed by atoms with van der Waals surface area (Å²) in [5.74, 6) is 0.0767. The van der Waals surface area contributed by atoms with Crippen LogP contribution in [0, 0.1) is 0 Å². The van der Waals surface area contributed by atoms with Crippen molar-refractivity contribution in [2.45, 2.75) is 43.9 Å². The third kappa shape index (κ3) is 5.30. The Kier molecular flexibility index (Phi) is 5.93. The molecule has 1 fully saturated rings. The molecule has 0 atom stereocenters. The average molecular weight is 346 g/mol. The van der Waals surface area contributed by atoms with Gasteiger partial charge in [-0.3, -0.25) is 0 Å². The molecule has 1 aromatic rings. The van der Waals surface area contributed by atoms with Crippen LogP contribution in [0.4, 0.5) is 18.0 Å². The van der Waals surface area contributed by atoms with Crippen LogP contribution in [0.2, 0.25) is 0 Å². The predicted molar refractivity (Wildman–Crippen MR) is 81.6 cm³/mol. The van der Waals surface area contributed by atoms with Crippen molar-refractivity contribution in [3.05, 3.63) is 29.8 Å². The van der Waals surface area contributed by atoms with Gasteiger partial charge in [-0.2, -0.15) is 13.2 Å². The standard InChI is InChI=1S/C16H21F3N2O3/c17-16(18,19)11-24-13-6-2-1-5-12(13)9-20-14(23)21-15(10-22)7-3-4-8-15/h1-2,5-6,22H,3-4,7-11H2,(H2,20,21,23). The van der Waals surface area contributed by atoms with E-state index < -0.39 is 24.4 Å². The second-order valence-corrected chi connectivity index (χ2v) is 5.96. The van der Waals surface area contributed by atoms with Crippen LogP contribution in [0.1, 0.15) is 31.2 Å². The van der Waals surface area contributed by atoms with Crippen molar-refractivity contribution in [1.82, 2.24) is 10.6 Å². The monoisotopic (exact) mass is 346 g/mol. The van der Waals surface area contributed by atoms with Gasteiger partial charge in [0.05, 0.1) is 12.1 Å². The molecule has 0 unspecified atom stereocenters. The molecule has 1 aliphatic rings. The summed E-state index contributed by atoms with van der Waals surface area (Å²) >= 11 is 0. The number of para-hydroxylation sites is 1. The molecule has 0 aliphatic heterocycles. The van der Waals surface area contributed by atoms with Crippen LogP contribution < -0.4 is 15.4 Å². The zero-order valence-electron chi connectivity index (χ0n) is 13.2. The van der Waals surface area contributed by atoms with Gasteiger partial charge in [-0.1, -0.05) is 31.0 Å². The van der Waals surface area contributed by atoms with Gasteiger partial charge in [0.2, 0.25) is 0 Å². The number of ether oxygens (including phenoxy) is 1. The molecule has 2 amide bonds. The molecule has 0 radical (unpaired) electrons. The zero-order chi connectivity index (χ0) is 17.6. The van der Waals surface area contributed by atoms with E-state index in [2.05, 4.69) is 10.6 Å². The number of carbonyl (C=O) groups is 1. The molecular weight excluding hydrogens is 325 g/mol. The van der Waals surface area contributed by atoms with Gasteiger partial charge in [0.15, 0.2) is 6.61 Å². The fourth-order valence-electron chi connectivity index (χ4n) is 2.79. The number of urea groups is 1. The van der Waals surface area contributed by atoms with Gasteiger partial charge in [-0.05, 0) is 18.9 Å². The molecule has 24 heavy (non-hydrogen) atoms. The molecule has 0 bridgehead atoms. The molecule has 1 aromatic carbocycles. The van der Waals surface area contributed by atoms with Crippen molar-refractivity contribution in [2.24, 2.45) is 0 Å². The van der Waals surface area contributed by atoms with Gasteiger partial charge in [-0.25, -0.2) is 4.79 Å². The predicted octanol–water partition coefficient (Wildman–Crippen LogP) is 2.73. The lowest BCUT2D eigenvalue weighted by Gasteiger charge is -2.28. The molecule has 1 aliphatic carbocycles. The Balaban J connectivity index is 1.90. The van der Waals surface area contributed by atoms with Gasteiger partial charge in [0.25, 0.3) is 0 Å². The summed E-state index contributed by atoms with van der Waals surface area (Å²) in [6, 6.07) is 5.77. The molecule has 5 nitrogen and oxygen atoms in total. The first-order chi connectivity index (χ1) is 11.3. The van der Waals surface area contributed by atoms with Crippen LogP contribution >= 0.6 is 0 Å². The molecule has 134 valence electrons. The Morgan fingerprint density at radius 1 is 1.25 bits per heavy atom. The number of hydrogen-bond acceptors (Lipinski definition) is 3. The lowest BCUT2D eigenvalue weighted by molar-refractivity contribution is -0.153. The number of halogens is 3. The van der Waals surface area contributed by atoms with E-state index in [-0.39, 0.29) is 18.9 Å². The van der Waals surface area contributed by atoms with E-state index in [9.17, 15) is 23.1 Å². The molecule has 0 saturated heterocycles. The fraction of sp³-hybridized carbons (Fsp3) is 0.562. The van der Waals surface area contributed by atoms with Crippen molar-refractivity contribution >= 4 is 6.03 Å². The van der Waals surface area contributed by atoms with Crippen molar-refractivity contribution in [3.63, 3.8) is 0 Å². The highest BCUT2D eigenvalue weighted by Gasteiger charge is 2.34. The number of nitrogens with one attached hydrogen (secondary N) is 2. The number of rotatable bonds is 6. The zero-order valence-corrected chi connectivity index (χ0v) is 13.2. The Hall–Kier alpha value is -1.96. The summed E-state index contributed by atoms with van der Waals surface area (Å²) in [5, 5.41) is 14.8. The summed E-state index contributed by atoms with van der Waals surface area (Å²) in [6.07, 6.45) is -1.12. The molecule has 0 heterocycles. The largest absolute Gasteiger partial charge is 0.484 e. The summed E-state index contributed by atoms with van der Waals surface area (Å²) in [7, 11) is 0. The van der Waals surface area contributed by atoms with Gasteiger partial charge in [0.1, 0.15) is 5.75 Å². The number of hydrogen-bond donors (Lipinski definition) is 3.